The Kier molecular flexibility index (Phi) is 4.00. The van der Waals surface area contributed by atoms with Gasteiger partial charge in [-0.15, -0.1) is 10.3 Å². The van der Waals surface area contributed by atoms with E-state index in [1.807, 2.05) is 0 Å². The first-order chi connectivity index (χ1) is 7.69. The molecule has 0 amide bonds. The van der Waals surface area contributed by atoms with E-state index >= 15 is 0 Å². The molecule has 16 heavy (non-hydrogen) atoms. The predicted molar refractivity (Wildman–Crippen MR) is 56.6 cm³/mol. The highest BCUT2D eigenvalue weighted by molar-refractivity contribution is 6.42. The summed E-state index contributed by atoms with van der Waals surface area (Å²) in [5, 5.41) is 21.7. The maximum Gasteiger partial charge on any atom is 0.367 e. The van der Waals surface area contributed by atoms with Crippen molar-refractivity contribution in [1.29, 1.82) is 5.26 Å². The van der Waals surface area contributed by atoms with Crippen LogP contribution in [0.3, 0.4) is 0 Å². The summed E-state index contributed by atoms with van der Waals surface area (Å²) >= 11 is 0. The Bertz CT molecular complexity index is 436. The second-order valence-corrected chi connectivity index (χ2v) is 2.66. The number of hydrogen-bond donors (Lipinski definition) is 1. The van der Waals surface area contributed by atoms with Crippen LogP contribution in [0.25, 0.3) is 0 Å². The van der Waals surface area contributed by atoms with E-state index in [1.54, 1.807) is 30.3 Å². The quantitative estimate of drug-likeness (QED) is 0.603. The number of hydrazone groups is 1. The molecule has 1 N–H and O–H groups in total. The molecule has 0 aromatic heterocycles. The topological polar surface area (TPSA) is 85.9 Å². The van der Waals surface area contributed by atoms with E-state index < -0.39 is 11.7 Å². The standard InChI is InChI=1S/C10H9N3O3/c1-16-13(8-5-3-2-4-6-8)12-9(7-11)10(14)15/h2-6H,1H3,(H,14,15). The van der Waals surface area contributed by atoms with Gasteiger partial charge in [-0.2, -0.15) is 5.26 Å². The third-order valence-electron chi connectivity index (χ3n) is 1.65. The third kappa shape index (κ3) is 2.80. The number of benzene rings is 1. The van der Waals surface area contributed by atoms with E-state index in [0.717, 1.165) is 5.17 Å². The number of carbonyl (C=O) groups is 1. The van der Waals surface area contributed by atoms with Gasteiger partial charge in [0.2, 0.25) is 5.71 Å². The number of nitriles is 1. The van der Waals surface area contributed by atoms with Crippen LogP contribution < -0.4 is 5.17 Å². The van der Waals surface area contributed by atoms with Gasteiger partial charge in [-0.25, -0.2) is 4.79 Å². The molecule has 0 aliphatic carbocycles. The minimum atomic E-state index is -1.40. The summed E-state index contributed by atoms with van der Waals surface area (Å²) < 4.78 is 0. The molecule has 0 aliphatic rings. The van der Waals surface area contributed by atoms with Gasteiger partial charge in [0.15, 0.2) is 0 Å². The van der Waals surface area contributed by atoms with Gasteiger partial charge in [-0.1, -0.05) is 18.2 Å². The molecule has 0 aliphatic heterocycles. The van der Waals surface area contributed by atoms with Crippen molar-refractivity contribution in [3.63, 3.8) is 0 Å². The van der Waals surface area contributed by atoms with Crippen molar-refractivity contribution in [1.82, 2.24) is 0 Å². The molecule has 0 fully saturated rings. The van der Waals surface area contributed by atoms with Crippen LogP contribution in [-0.2, 0) is 9.63 Å². The van der Waals surface area contributed by atoms with Crippen molar-refractivity contribution in [2.24, 2.45) is 5.10 Å². The Morgan fingerprint density at radius 2 is 2.12 bits per heavy atom. The van der Waals surface area contributed by atoms with Gasteiger partial charge in [-0.3, -0.25) is 4.84 Å². The molecule has 0 unspecified atom stereocenters. The first-order valence-corrected chi connectivity index (χ1v) is 4.30. The lowest BCUT2D eigenvalue weighted by Gasteiger charge is -2.14. The van der Waals surface area contributed by atoms with E-state index in [2.05, 4.69) is 5.10 Å². The molecule has 82 valence electrons. The van der Waals surface area contributed by atoms with E-state index in [4.69, 9.17) is 15.2 Å². The summed E-state index contributed by atoms with van der Waals surface area (Å²) in [4.78, 5) is 15.4. The Labute approximate surface area is 91.9 Å². The summed E-state index contributed by atoms with van der Waals surface area (Å²) in [5.41, 5.74) is -0.121. The summed E-state index contributed by atoms with van der Waals surface area (Å²) in [6.07, 6.45) is 0. The van der Waals surface area contributed by atoms with Gasteiger partial charge in [-0.05, 0) is 12.1 Å². The molecule has 0 saturated carbocycles. The number of carboxylic acids is 1. The van der Waals surface area contributed by atoms with Gasteiger partial charge in [0.1, 0.15) is 6.07 Å². The van der Waals surface area contributed by atoms with E-state index in [0.29, 0.717) is 5.69 Å². The molecule has 1 aromatic carbocycles. The van der Waals surface area contributed by atoms with Crippen molar-refractivity contribution < 1.29 is 14.7 Å². The minimum absolute atomic E-state index is 0.527. The highest BCUT2D eigenvalue weighted by atomic mass is 16.7. The molecule has 6 heteroatoms. The van der Waals surface area contributed by atoms with Crippen LogP contribution in [-0.4, -0.2) is 23.9 Å². The first-order valence-electron chi connectivity index (χ1n) is 4.30. The third-order valence-corrected chi connectivity index (χ3v) is 1.65. The molecule has 0 heterocycles. The van der Waals surface area contributed by atoms with Crippen LogP contribution >= 0.6 is 0 Å². The fraction of sp³-hybridized carbons (Fsp3) is 0.100. The zero-order valence-corrected chi connectivity index (χ0v) is 8.49. The van der Waals surface area contributed by atoms with Gasteiger partial charge in [0.05, 0.1) is 12.8 Å². The van der Waals surface area contributed by atoms with E-state index in [1.165, 1.54) is 13.2 Å². The van der Waals surface area contributed by atoms with E-state index in [9.17, 15) is 4.79 Å². The van der Waals surface area contributed by atoms with Gasteiger partial charge in [0, 0.05) is 0 Å². The van der Waals surface area contributed by atoms with Gasteiger partial charge in [0.25, 0.3) is 0 Å². The van der Waals surface area contributed by atoms with Crippen LogP contribution in [0.1, 0.15) is 0 Å². The van der Waals surface area contributed by atoms with Gasteiger partial charge >= 0.3 is 5.97 Å². The molecule has 1 aromatic rings. The molecule has 0 atom stereocenters. The molecule has 0 spiro atoms. The summed E-state index contributed by atoms with van der Waals surface area (Å²) in [7, 11) is 1.33. The van der Waals surface area contributed by atoms with E-state index in [-0.39, 0.29) is 0 Å². The number of aliphatic carboxylic acids is 1. The second kappa shape index (κ2) is 5.48. The Balaban J connectivity index is 3.01. The fourth-order valence-corrected chi connectivity index (χ4v) is 0.963. The normalized spacial score (nSPS) is 10.6. The lowest BCUT2D eigenvalue weighted by molar-refractivity contribution is -0.129. The molecule has 1 rings (SSSR count). The van der Waals surface area contributed by atoms with Crippen molar-refractivity contribution in [2.45, 2.75) is 0 Å². The Hall–Kier alpha value is -2.39. The smallest absolute Gasteiger partial charge is 0.367 e. The predicted octanol–water partition coefficient (Wildman–Crippen LogP) is 1.02. The Morgan fingerprint density at radius 1 is 1.50 bits per heavy atom. The summed E-state index contributed by atoms with van der Waals surface area (Å²) in [6, 6.07) is 10.1. The molecule has 0 saturated heterocycles. The number of anilines is 1. The lowest BCUT2D eigenvalue weighted by Crippen LogP contribution is -2.21. The Morgan fingerprint density at radius 3 is 2.56 bits per heavy atom. The van der Waals surface area contributed by atoms with Crippen molar-refractivity contribution >= 4 is 17.4 Å². The van der Waals surface area contributed by atoms with Crippen LogP contribution in [0.4, 0.5) is 5.69 Å². The van der Waals surface area contributed by atoms with Gasteiger partial charge < -0.3 is 5.11 Å². The zero-order chi connectivity index (χ0) is 12.0. The zero-order valence-electron chi connectivity index (χ0n) is 8.49. The second-order valence-electron chi connectivity index (χ2n) is 2.66. The molecular weight excluding hydrogens is 210 g/mol. The van der Waals surface area contributed by atoms with Crippen LogP contribution in [0.2, 0.25) is 0 Å². The fourth-order valence-electron chi connectivity index (χ4n) is 0.963. The summed E-state index contributed by atoms with van der Waals surface area (Å²) in [5.74, 6) is -1.40. The number of hydrogen-bond acceptors (Lipinski definition) is 5. The SMILES string of the molecule is CON(N=C(C#N)C(=O)O)c1ccccc1. The van der Waals surface area contributed by atoms with Crippen molar-refractivity contribution in [3.05, 3.63) is 30.3 Å². The average molecular weight is 219 g/mol. The highest BCUT2D eigenvalue weighted by Crippen LogP contribution is 2.13. The molecule has 0 bridgehead atoms. The summed E-state index contributed by atoms with van der Waals surface area (Å²) in [6.45, 7) is 0. The van der Waals surface area contributed by atoms with Crippen LogP contribution in [0, 0.1) is 11.3 Å². The molecular formula is C10H9N3O3. The average Bonchev–Trinajstić information content (AvgIpc) is 2.31. The number of para-hydroxylation sites is 1. The molecule has 6 nitrogen and oxygen atoms in total. The lowest BCUT2D eigenvalue weighted by atomic mass is 10.3. The monoisotopic (exact) mass is 219 g/mol. The van der Waals surface area contributed by atoms with Crippen molar-refractivity contribution in [3.8, 4) is 6.07 Å². The first kappa shape index (κ1) is 11.7. The maximum absolute atomic E-state index is 10.6. The molecule has 0 radical (unpaired) electrons. The highest BCUT2D eigenvalue weighted by Gasteiger charge is 2.12. The number of carboxylic acid groups (broad SMARTS) is 1. The van der Waals surface area contributed by atoms with Crippen molar-refractivity contribution in [2.75, 3.05) is 12.3 Å². The number of nitrogens with zero attached hydrogens (tertiary/aromatic N) is 3. The maximum atomic E-state index is 10.6. The largest absolute Gasteiger partial charge is 0.476 e. The van der Waals surface area contributed by atoms with Crippen LogP contribution in [0.5, 0.6) is 0 Å². The number of rotatable bonds is 4. The minimum Gasteiger partial charge on any atom is -0.476 e. The van der Waals surface area contributed by atoms with Crippen LogP contribution in [0.15, 0.2) is 35.4 Å².